The average Bonchev–Trinajstić information content (AvgIpc) is 2.78. The maximum absolute atomic E-state index is 2.41. The highest BCUT2D eigenvalue weighted by Crippen LogP contribution is 2.33. The SMILES string of the molecule is CCCCCCCc1ccc(C[C@H]2CC[C@H](Cc3ccc(CCC)cc3)CC2)cc1. The molecule has 164 valence electrons. The Bertz CT molecular complexity index is 686. The van der Waals surface area contributed by atoms with E-state index in [9.17, 15) is 0 Å². The summed E-state index contributed by atoms with van der Waals surface area (Å²) in [5, 5.41) is 0. The normalized spacial score (nSPS) is 19.1. The van der Waals surface area contributed by atoms with Gasteiger partial charge in [0.1, 0.15) is 0 Å². The first-order chi connectivity index (χ1) is 14.8. The summed E-state index contributed by atoms with van der Waals surface area (Å²) >= 11 is 0. The van der Waals surface area contributed by atoms with Crippen LogP contribution >= 0.6 is 0 Å². The molecule has 3 rings (SSSR count). The van der Waals surface area contributed by atoms with Crippen LogP contribution in [0.5, 0.6) is 0 Å². The summed E-state index contributed by atoms with van der Waals surface area (Å²) in [5.41, 5.74) is 6.12. The second-order valence-electron chi connectivity index (χ2n) is 9.84. The second kappa shape index (κ2) is 13.0. The van der Waals surface area contributed by atoms with E-state index in [0.717, 1.165) is 11.8 Å². The van der Waals surface area contributed by atoms with Gasteiger partial charge < -0.3 is 0 Å². The van der Waals surface area contributed by atoms with E-state index in [-0.39, 0.29) is 0 Å². The molecule has 0 heteroatoms. The Hall–Kier alpha value is -1.56. The average molecular weight is 405 g/mol. The van der Waals surface area contributed by atoms with E-state index in [1.807, 2.05) is 0 Å². The molecule has 0 aliphatic heterocycles. The highest BCUT2D eigenvalue weighted by molar-refractivity contribution is 5.24. The maximum atomic E-state index is 2.41. The van der Waals surface area contributed by atoms with E-state index in [4.69, 9.17) is 0 Å². The molecule has 0 unspecified atom stereocenters. The summed E-state index contributed by atoms with van der Waals surface area (Å²) in [5.74, 6) is 1.79. The minimum Gasteiger partial charge on any atom is -0.0654 e. The summed E-state index contributed by atoms with van der Waals surface area (Å²) in [4.78, 5) is 0. The molecule has 0 aromatic heterocycles. The van der Waals surface area contributed by atoms with Crippen LogP contribution in [0.3, 0.4) is 0 Å². The number of aryl methyl sites for hydroxylation is 2. The van der Waals surface area contributed by atoms with Crippen LogP contribution in [0.15, 0.2) is 48.5 Å². The van der Waals surface area contributed by atoms with Gasteiger partial charge in [-0.2, -0.15) is 0 Å². The van der Waals surface area contributed by atoms with Gasteiger partial charge in [0.15, 0.2) is 0 Å². The molecular formula is C30H44. The zero-order chi connectivity index (χ0) is 21.0. The molecule has 0 spiro atoms. The maximum Gasteiger partial charge on any atom is -0.0250 e. The van der Waals surface area contributed by atoms with Crippen molar-refractivity contribution in [3.8, 4) is 0 Å². The molecule has 0 amide bonds. The van der Waals surface area contributed by atoms with Gasteiger partial charge in [0.05, 0.1) is 0 Å². The van der Waals surface area contributed by atoms with Gasteiger partial charge in [-0.05, 0) is 91.9 Å². The second-order valence-corrected chi connectivity index (χ2v) is 9.84. The van der Waals surface area contributed by atoms with Gasteiger partial charge >= 0.3 is 0 Å². The predicted octanol–water partition coefficient (Wildman–Crippen LogP) is 8.74. The Balaban J connectivity index is 1.36. The summed E-state index contributed by atoms with van der Waals surface area (Å²) < 4.78 is 0. The Morgan fingerprint density at radius 1 is 0.500 bits per heavy atom. The van der Waals surface area contributed by atoms with Gasteiger partial charge in [0, 0.05) is 0 Å². The molecule has 1 fully saturated rings. The van der Waals surface area contributed by atoms with Crippen molar-refractivity contribution in [2.75, 3.05) is 0 Å². The van der Waals surface area contributed by atoms with Gasteiger partial charge in [-0.25, -0.2) is 0 Å². The summed E-state index contributed by atoms with van der Waals surface area (Å²) in [6.07, 6.45) is 18.8. The molecule has 0 N–H and O–H groups in total. The van der Waals surface area contributed by atoms with Crippen LogP contribution in [0.25, 0.3) is 0 Å². The topological polar surface area (TPSA) is 0 Å². The van der Waals surface area contributed by atoms with Crippen molar-refractivity contribution in [3.05, 3.63) is 70.8 Å². The Kier molecular flexibility index (Phi) is 10.0. The minimum atomic E-state index is 0.896. The lowest BCUT2D eigenvalue weighted by Gasteiger charge is -2.28. The minimum absolute atomic E-state index is 0.896. The molecule has 1 aliphatic carbocycles. The lowest BCUT2D eigenvalue weighted by atomic mass is 9.77. The number of hydrogen-bond acceptors (Lipinski definition) is 0. The first-order valence-corrected chi connectivity index (χ1v) is 12.9. The van der Waals surface area contributed by atoms with Gasteiger partial charge in [0.25, 0.3) is 0 Å². The Morgan fingerprint density at radius 3 is 1.40 bits per heavy atom. The number of benzene rings is 2. The third-order valence-corrected chi connectivity index (χ3v) is 7.17. The van der Waals surface area contributed by atoms with Gasteiger partial charge in [-0.1, -0.05) is 94.5 Å². The first-order valence-electron chi connectivity index (χ1n) is 12.9. The fourth-order valence-electron chi connectivity index (χ4n) is 5.21. The molecule has 0 heterocycles. The van der Waals surface area contributed by atoms with Crippen molar-refractivity contribution in [2.24, 2.45) is 11.8 Å². The zero-order valence-corrected chi connectivity index (χ0v) is 19.7. The van der Waals surface area contributed by atoms with Crippen LogP contribution in [0.2, 0.25) is 0 Å². The quantitative estimate of drug-likeness (QED) is 0.310. The summed E-state index contributed by atoms with van der Waals surface area (Å²) in [6, 6.07) is 19.0. The third kappa shape index (κ3) is 7.93. The van der Waals surface area contributed by atoms with Crippen molar-refractivity contribution in [1.29, 1.82) is 0 Å². The standard InChI is InChI=1S/C30H44/c1-3-5-6-7-8-10-26-13-17-28(18-14-26)24-30-21-19-29(20-22-30)23-27-15-11-25(9-4-2)12-16-27/h11-18,29-30H,3-10,19-24H2,1-2H3/t29-,30-. The van der Waals surface area contributed by atoms with Gasteiger partial charge in [-0.3, -0.25) is 0 Å². The van der Waals surface area contributed by atoms with Crippen molar-refractivity contribution in [3.63, 3.8) is 0 Å². The van der Waals surface area contributed by atoms with Crippen LogP contribution in [0, 0.1) is 11.8 Å². The number of unbranched alkanes of at least 4 members (excludes halogenated alkanes) is 4. The van der Waals surface area contributed by atoms with Crippen LogP contribution in [-0.4, -0.2) is 0 Å². The molecule has 0 atom stereocenters. The largest absolute Gasteiger partial charge is 0.0654 e. The molecule has 0 nitrogen and oxygen atoms in total. The van der Waals surface area contributed by atoms with E-state index in [1.165, 1.54) is 101 Å². The molecule has 1 aliphatic rings. The van der Waals surface area contributed by atoms with E-state index in [2.05, 4.69) is 62.4 Å². The van der Waals surface area contributed by atoms with Crippen molar-refractivity contribution >= 4 is 0 Å². The molecular weight excluding hydrogens is 360 g/mol. The lowest BCUT2D eigenvalue weighted by Crippen LogP contribution is -2.18. The van der Waals surface area contributed by atoms with E-state index in [0.29, 0.717) is 0 Å². The van der Waals surface area contributed by atoms with E-state index >= 15 is 0 Å². The zero-order valence-electron chi connectivity index (χ0n) is 19.7. The third-order valence-electron chi connectivity index (χ3n) is 7.17. The fourth-order valence-corrected chi connectivity index (χ4v) is 5.21. The molecule has 2 aromatic rings. The van der Waals surface area contributed by atoms with Crippen LogP contribution in [0.1, 0.15) is 100 Å². The Labute approximate surface area is 186 Å². The molecule has 30 heavy (non-hydrogen) atoms. The molecule has 0 radical (unpaired) electrons. The number of hydrogen-bond donors (Lipinski definition) is 0. The molecule has 1 saturated carbocycles. The summed E-state index contributed by atoms with van der Waals surface area (Å²) in [7, 11) is 0. The highest BCUT2D eigenvalue weighted by atomic mass is 14.3. The van der Waals surface area contributed by atoms with Crippen molar-refractivity contribution in [2.45, 2.75) is 104 Å². The fraction of sp³-hybridized carbons (Fsp3) is 0.600. The number of rotatable bonds is 12. The van der Waals surface area contributed by atoms with Gasteiger partial charge in [-0.15, -0.1) is 0 Å². The highest BCUT2D eigenvalue weighted by Gasteiger charge is 2.21. The first kappa shape index (κ1) is 23.1. The molecule has 0 bridgehead atoms. The monoisotopic (exact) mass is 404 g/mol. The predicted molar refractivity (Wildman–Crippen MR) is 132 cm³/mol. The molecule has 2 aromatic carbocycles. The van der Waals surface area contributed by atoms with Crippen LogP contribution in [-0.2, 0) is 25.7 Å². The van der Waals surface area contributed by atoms with Crippen LogP contribution in [0.4, 0.5) is 0 Å². The van der Waals surface area contributed by atoms with Gasteiger partial charge in [0.2, 0.25) is 0 Å². The van der Waals surface area contributed by atoms with Crippen molar-refractivity contribution in [1.82, 2.24) is 0 Å². The van der Waals surface area contributed by atoms with Crippen LogP contribution < -0.4 is 0 Å². The Morgan fingerprint density at radius 2 is 0.933 bits per heavy atom. The molecule has 0 saturated heterocycles. The van der Waals surface area contributed by atoms with E-state index in [1.54, 1.807) is 11.1 Å². The smallest absolute Gasteiger partial charge is 0.0250 e. The summed E-state index contributed by atoms with van der Waals surface area (Å²) in [6.45, 7) is 4.55. The van der Waals surface area contributed by atoms with Crippen molar-refractivity contribution < 1.29 is 0 Å². The van der Waals surface area contributed by atoms with E-state index < -0.39 is 0 Å². The lowest BCUT2D eigenvalue weighted by molar-refractivity contribution is 0.272.